The smallest absolute Gasteiger partial charge is 0.0917 e. The molecule has 1 aliphatic rings. The molecule has 0 fully saturated rings. The largest absolute Gasteiger partial charge is 0.110 e. The molecule has 0 amide bonds. The van der Waals surface area contributed by atoms with E-state index in [9.17, 15) is 0 Å². The van der Waals surface area contributed by atoms with Crippen molar-refractivity contribution in [3.63, 3.8) is 0 Å². The van der Waals surface area contributed by atoms with Gasteiger partial charge in [0.1, 0.15) is 7.28 Å². The Balaban J connectivity index is 2.56. The predicted octanol–water partition coefficient (Wildman–Crippen LogP) is 4.22. The van der Waals surface area contributed by atoms with E-state index in [4.69, 9.17) is 0 Å². The minimum atomic E-state index is 0.884. The van der Waals surface area contributed by atoms with Gasteiger partial charge in [-0.15, -0.1) is 0 Å². The molecule has 13 heavy (non-hydrogen) atoms. The molecule has 1 rings (SSSR count). The molecule has 0 saturated heterocycles. The molecule has 1 unspecified atom stereocenters. The van der Waals surface area contributed by atoms with Gasteiger partial charge in [-0.3, -0.25) is 0 Å². The normalized spacial score (nSPS) is 30.8. The maximum atomic E-state index is 2.40. The van der Waals surface area contributed by atoms with Gasteiger partial charge in [0.15, 0.2) is 0 Å². The summed E-state index contributed by atoms with van der Waals surface area (Å²) in [5.74, 6) is 0.884. The first-order valence-electron chi connectivity index (χ1n) is 5.74. The zero-order valence-corrected chi connectivity index (χ0v) is 9.40. The summed E-state index contributed by atoms with van der Waals surface area (Å²) in [5.41, 5.74) is 3.41. The summed E-state index contributed by atoms with van der Waals surface area (Å²) in [7, 11) is 2.40. The van der Waals surface area contributed by atoms with Gasteiger partial charge in [-0.1, -0.05) is 43.6 Å². The highest BCUT2D eigenvalue weighted by atomic mass is 14.1. The molecule has 73 valence electrons. The van der Waals surface area contributed by atoms with Gasteiger partial charge in [0.2, 0.25) is 0 Å². The van der Waals surface area contributed by atoms with Crippen LogP contribution in [0.4, 0.5) is 0 Å². The second kappa shape index (κ2) is 5.52. The molecular formula is C12H22B. The topological polar surface area (TPSA) is 0 Å². The van der Waals surface area contributed by atoms with Crippen molar-refractivity contribution in [3.8, 4) is 0 Å². The van der Waals surface area contributed by atoms with E-state index in [-0.39, 0.29) is 0 Å². The minimum Gasteiger partial charge on any atom is -0.0917 e. The quantitative estimate of drug-likeness (QED) is 0.437. The summed E-state index contributed by atoms with van der Waals surface area (Å²) in [5, 5.41) is 0. The minimum absolute atomic E-state index is 0.884. The SMILES string of the molecule is C[B]C1CCC/C(C)=C(\CC)CC1. The summed E-state index contributed by atoms with van der Waals surface area (Å²) in [4.78, 5) is 0. The Bertz CT molecular complexity index is 182. The van der Waals surface area contributed by atoms with E-state index in [0.29, 0.717) is 0 Å². The average Bonchev–Trinajstić information content (AvgIpc) is 2.12. The van der Waals surface area contributed by atoms with Crippen molar-refractivity contribution in [1.82, 2.24) is 0 Å². The first kappa shape index (κ1) is 10.9. The fraction of sp³-hybridized carbons (Fsp3) is 0.833. The van der Waals surface area contributed by atoms with Crippen LogP contribution in [0.3, 0.4) is 0 Å². The van der Waals surface area contributed by atoms with Crippen LogP contribution in [0.25, 0.3) is 0 Å². The molecule has 0 saturated carbocycles. The third-order valence-corrected chi connectivity index (χ3v) is 3.45. The highest BCUT2D eigenvalue weighted by Gasteiger charge is 2.12. The van der Waals surface area contributed by atoms with Gasteiger partial charge in [0.25, 0.3) is 0 Å². The van der Waals surface area contributed by atoms with Crippen LogP contribution in [0.15, 0.2) is 11.1 Å². The summed E-state index contributed by atoms with van der Waals surface area (Å²) < 4.78 is 0. The van der Waals surface area contributed by atoms with E-state index < -0.39 is 0 Å². The van der Waals surface area contributed by atoms with Gasteiger partial charge < -0.3 is 0 Å². The number of hydrogen-bond acceptors (Lipinski definition) is 0. The molecule has 0 aromatic carbocycles. The van der Waals surface area contributed by atoms with E-state index >= 15 is 0 Å². The summed E-state index contributed by atoms with van der Waals surface area (Å²) >= 11 is 0. The second-order valence-corrected chi connectivity index (χ2v) is 4.26. The van der Waals surface area contributed by atoms with Crippen molar-refractivity contribution in [2.45, 2.75) is 65.0 Å². The van der Waals surface area contributed by atoms with Crippen LogP contribution in [0.2, 0.25) is 12.6 Å². The maximum Gasteiger partial charge on any atom is 0.110 e. The van der Waals surface area contributed by atoms with E-state index in [1.54, 1.807) is 11.1 Å². The monoisotopic (exact) mass is 177 g/mol. The molecule has 1 heteroatoms. The highest BCUT2D eigenvalue weighted by Crippen LogP contribution is 2.30. The Hall–Kier alpha value is -0.195. The molecule has 0 aliphatic heterocycles. The zero-order chi connectivity index (χ0) is 9.68. The average molecular weight is 177 g/mol. The van der Waals surface area contributed by atoms with Crippen molar-refractivity contribution in [3.05, 3.63) is 11.1 Å². The third-order valence-electron chi connectivity index (χ3n) is 3.45. The Kier molecular flexibility index (Phi) is 4.62. The molecule has 1 radical (unpaired) electrons. The van der Waals surface area contributed by atoms with E-state index in [1.807, 2.05) is 0 Å². The van der Waals surface area contributed by atoms with Crippen molar-refractivity contribution in [1.29, 1.82) is 0 Å². The van der Waals surface area contributed by atoms with E-state index in [1.165, 1.54) is 38.5 Å². The van der Waals surface area contributed by atoms with Crippen LogP contribution in [0, 0.1) is 0 Å². The fourth-order valence-corrected chi connectivity index (χ4v) is 2.34. The van der Waals surface area contributed by atoms with Crippen LogP contribution in [-0.4, -0.2) is 7.28 Å². The van der Waals surface area contributed by atoms with Crippen LogP contribution in [0.1, 0.15) is 52.4 Å². The van der Waals surface area contributed by atoms with Crippen LogP contribution in [0.5, 0.6) is 0 Å². The summed E-state index contributed by atoms with van der Waals surface area (Å²) in [6.45, 7) is 6.84. The number of hydrogen-bond donors (Lipinski definition) is 0. The molecule has 0 bridgehead atoms. The van der Waals surface area contributed by atoms with Crippen molar-refractivity contribution < 1.29 is 0 Å². The van der Waals surface area contributed by atoms with E-state index in [0.717, 1.165) is 5.82 Å². The molecule has 1 atom stereocenters. The Morgan fingerprint density at radius 2 is 2.08 bits per heavy atom. The summed E-state index contributed by atoms with van der Waals surface area (Å²) in [6.07, 6.45) is 8.14. The Morgan fingerprint density at radius 3 is 2.69 bits per heavy atom. The maximum absolute atomic E-state index is 2.40. The lowest BCUT2D eigenvalue weighted by Gasteiger charge is -2.20. The van der Waals surface area contributed by atoms with Crippen LogP contribution >= 0.6 is 0 Å². The molecule has 0 aromatic rings. The highest BCUT2D eigenvalue weighted by molar-refractivity contribution is 6.35. The molecular weight excluding hydrogens is 155 g/mol. The number of allylic oxidation sites excluding steroid dienone is 2. The molecule has 0 aromatic heterocycles. The van der Waals surface area contributed by atoms with Crippen molar-refractivity contribution in [2.75, 3.05) is 0 Å². The molecule has 0 spiro atoms. The van der Waals surface area contributed by atoms with Crippen molar-refractivity contribution >= 4 is 7.28 Å². The molecule has 0 nitrogen and oxygen atoms in total. The standard InChI is InChI=1S/C12H22B/c1-4-11-8-9-12(13-3)7-5-6-10(11)2/h12H,4-9H2,1-3H3/b11-10+. The van der Waals surface area contributed by atoms with Gasteiger partial charge in [0, 0.05) is 0 Å². The lowest BCUT2D eigenvalue weighted by Crippen LogP contribution is -2.04. The Morgan fingerprint density at radius 1 is 1.31 bits per heavy atom. The van der Waals surface area contributed by atoms with Crippen LogP contribution in [-0.2, 0) is 0 Å². The predicted molar refractivity (Wildman–Crippen MR) is 61.4 cm³/mol. The van der Waals surface area contributed by atoms with Crippen molar-refractivity contribution in [2.24, 2.45) is 0 Å². The fourth-order valence-electron chi connectivity index (χ4n) is 2.34. The second-order valence-electron chi connectivity index (χ2n) is 4.26. The molecule has 0 heterocycles. The summed E-state index contributed by atoms with van der Waals surface area (Å²) in [6, 6.07) is 0. The first-order valence-corrected chi connectivity index (χ1v) is 5.74. The number of rotatable bonds is 2. The Labute approximate surface area is 84.0 Å². The van der Waals surface area contributed by atoms with Gasteiger partial charge in [-0.25, -0.2) is 0 Å². The lowest BCUT2D eigenvalue weighted by molar-refractivity contribution is 0.599. The van der Waals surface area contributed by atoms with Gasteiger partial charge >= 0.3 is 0 Å². The van der Waals surface area contributed by atoms with Gasteiger partial charge in [0.05, 0.1) is 0 Å². The molecule has 1 aliphatic carbocycles. The zero-order valence-electron chi connectivity index (χ0n) is 9.40. The molecule has 0 N–H and O–H groups in total. The third kappa shape index (κ3) is 3.21. The first-order chi connectivity index (χ1) is 6.27. The van der Waals surface area contributed by atoms with Crippen LogP contribution < -0.4 is 0 Å². The van der Waals surface area contributed by atoms with E-state index in [2.05, 4.69) is 28.0 Å². The van der Waals surface area contributed by atoms with Gasteiger partial charge in [-0.2, -0.15) is 0 Å². The van der Waals surface area contributed by atoms with Gasteiger partial charge in [-0.05, 0) is 32.6 Å². The lowest BCUT2D eigenvalue weighted by atomic mass is 9.62.